The molecule has 1 aliphatic rings. The van der Waals surface area contributed by atoms with E-state index in [4.69, 9.17) is 4.74 Å². The Morgan fingerprint density at radius 1 is 0.897 bits per heavy atom. The zero-order valence-electron chi connectivity index (χ0n) is 22.3. The molecule has 2 aromatic heterocycles. The Morgan fingerprint density at radius 3 is 2.26 bits per heavy atom. The Kier molecular flexibility index (Phi) is 11.4. The summed E-state index contributed by atoms with van der Waals surface area (Å²) >= 11 is 0. The van der Waals surface area contributed by atoms with Crippen LogP contribution in [0.3, 0.4) is 0 Å². The van der Waals surface area contributed by atoms with E-state index in [1.807, 2.05) is 48.5 Å². The first kappa shape index (κ1) is 28.4. The van der Waals surface area contributed by atoms with Gasteiger partial charge in [-0.05, 0) is 74.2 Å². The first-order valence-electron chi connectivity index (χ1n) is 13.7. The standard InChI is InChI=1S/C30H38N6O3/c37-29(24-13-11-23(12-14-24)19-32-21-26-8-2-4-17-34-26)36-28(30(38)35-22-27-9-6-18-39-27)10-5-15-31-20-25-7-1-3-16-33-25/h1-4,7-8,11-14,16-17,27-28,31-32H,5-6,9-10,15,18-22H2,(H,35,38)(H,36,37)/t27?,28-/m0/s1. The number of carbonyl (C=O) groups excluding carboxylic acids is 2. The Hall–Kier alpha value is -3.66. The lowest BCUT2D eigenvalue weighted by Gasteiger charge is -2.20. The van der Waals surface area contributed by atoms with Crippen molar-refractivity contribution < 1.29 is 14.3 Å². The van der Waals surface area contributed by atoms with Crippen LogP contribution in [0.1, 0.15) is 53.0 Å². The minimum absolute atomic E-state index is 0.0455. The van der Waals surface area contributed by atoms with Crippen LogP contribution in [0.4, 0.5) is 0 Å². The van der Waals surface area contributed by atoms with Gasteiger partial charge in [0.2, 0.25) is 5.91 Å². The SMILES string of the molecule is O=C(N[C@@H](CCCNCc1ccccn1)C(=O)NCC1CCCO1)c1ccc(CNCc2ccccn2)cc1. The molecule has 9 nitrogen and oxygen atoms in total. The van der Waals surface area contributed by atoms with Gasteiger partial charge < -0.3 is 26.0 Å². The first-order chi connectivity index (χ1) is 19.2. The highest BCUT2D eigenvalue weighted by atomic mass is 16.5. The largest absolute Gasteiger partial charge is 0.376 e. The number of carbonyl (C=O) groups is 2. The van der Waals surface area contributed by atoms with Gasteiger partial charge in [0.05, 0.1) is 17.5 Å². The summed E-state index contributed by atoms with van der Waals surface area (Å²) in [6, 6.07) is 18.5. The molecule has 1 saturated heterocycles. The fourth-order valence-electron chi connectivity index (χ4n) is 4.42. The lowest BCUT2D eigenvalue weighted by atomic mass is 10.1. The van der Waals surface area contributed by atoms with Crippen LogP contribution in [0.25, 0.3) is 0 Å². The average molecular weight is 531 g/mol. The highest BCUT2D eigenvalue weighted by Crippen LogP contribution is 2.11. The van der Waals surface area contributed by atoms with E-state index in [-0.39, 0.29) is 17.9 Å². The molecule has 1 aromatic carbocycles. The molecule has 9 heteroatoms. The second-order valence-electron chi connectivity index (χ2n) is 9.67. The molecule has 0 radical (unpaired) electrons. The van der Waals surface area contributed by atoms with Crippen molar-refractivity contribution >= 4 is 11.8 Å². The van der Waals surface area contributed by atoms with Crippen LogP contribution in [0.2, 0.25) is 0 Å². The van der Waals surface area contributed by atoms with E-state index in [9.17, 15) is 9.59 Å². The molecule has 0 saturated carbocycles. The number of ether oxygens (including phenoxy) is 1. The Labute approximate surface area is 230 Å². The van der Waals surface area contributed by atoms with E-state index in [0.29, 0.717) is 44.7 Å². The average Bonchev–Trinajstić information content (AvgIpc) is 3.50. The number of aromatic nitrogens is 2. The van der Waals surface area contributed by atoms with Crippen LogP contribution < -0.4 is 21.3 Å². The van der Waals surface area contributed by atoms with Crippen molar-refractivity contribution in [2.45, 2.75) is 57.5 Å². The summed E-state index contributed by atoms with van der Waals surface area (Å²) in [5.41, 5.74) is 3.53. The van der Waals surface area contributed by atoms with Crippen molar-refractivity contribution in [3.05, 3.63) is 95.6 Å². The minimum Gasteiger partial charge on any atom is -0.376 e. The second-order valence-corrected chi connectivity index (χ2v) is 9.67. The van der Waals surface area contributed by atoms with Crippen molar-refractivity contribution in [3.63, 3.8) is 0 Å². The first-order valence-corrected chi connectivity index (χ1v) is 13.7. The van der Waals surface area contributed by atoms with E-state index in [1.165, 1.54) is 0 Å². The molecule has 2 amide bonds. The van der Waals surface area contributed by atoms with Crippen LogP contribution >= 0.6 is 0 Å². The van der Waals surface area contributed by atoms with Crippen molar-refractivity contribution in [3.8, 4) is 0 Å². The summed E-state index contributed by atoms with van der Waals surface area (Å²) in [6.45, 7) is 3.90. The molecule has 4 N–H and O–H groups in total. The molecule has 3 aromatic rings. The van der Waals surface area contributed by atoms with E-state index < -0.39 is 6.04 Å². The molecular weight excluding hydrogens is 492 g/mol. The molecule has 206 valence electrons. The summed E-state index contributed by atoms with van der Waals surface area (Å²) in [4.78, 5) is 34.7. The van der Waals surface area contributed by atoms with Gasteiger partial charge in [0.15, 0.2) is 0 Å². The zero-order chi connectivity index (χ0) is 27.1. The van der Waals surface area contributed by atoms with Gasteiger partial charge in [-0.15, -0.1) is 0 Å². The van der Waals surface area contributed by atoms with Crippen molar-refractivity contribution in [2.24, 2.45) is 0 Å². The summed E-state index contributed by atoms with van der Waals surface area (Å²) in [6.07, 6.45) is 6.80. The van der Waals surface area contributed by atoms with Crippen LogP contribution in [0.5, 0.6) is 0 Å². The molecule has 2 atom stereocenters. The Balaban J connectivity index is 1.26. The summed E-state index contributed by atoms with van der Waals surface area (Å²) < 4.78 is 5.63. The molecular formula is C30H38N6O3. The molecule has 0 bridgehead atoms. The topological polar surface area (TPSA) is 117 Å². The van der Waals surface area contributed by atoms with E-state index in [2.05, 4.69) is 31.2 Å². The third-order valence-corrected chi connectivity index (χ3v) is 6.61. The summed E-state index contributed by atoms with van der Waals surface area (Å²) in [5, 5.41) is 12.6. The maximum Gasteiger partial charge on any atom is 0.251 e. The highest BCUT2D eigenvalue weighted by molar-refractivity contribution is 5.97. The van der Waals surface area contributed by atoms with Gasteiger partial charge in [-0.2, -0.15) is 0 Å². The number of nitrogens with one attached hydrogen (secondary N) is 4. The highest BCUT2D eigenvalue weighted by Gasteiger charge is 2.23. The Bertz CT molecular complexity index is 1140. The normalized spacial score (nSPS) is 15.5. The third kappa shape index (κ3) is 9.86. The van der Waals surface area contributed by atoms with E-state index in [0.717, 1.165) is 42.8 Å². The van der Waals surface area contributed by atoms with Gasteiger partial charge in [0.1, 0.15) is 6.04 Å². The van der Waals surface area contributed by atoms with E-state index >= 15 is 0 Å². The Morgan fingerprint density at radius 2 is 1.62 bits per heavy atom. The van der Waals surface area contributed by atoms with Gasteiger partial charge in [0.25, 0.3) is 5.91 Å². The van der Waals surface area contributed by atoms with Crippen LogP contribution in [0, 0.1) is 0 Å². The summed E-state index contributed by atoms with van der Waals surface area (Å²) in [5.74, 6) is -0.444. The number of pyridine rings is 2. The van der Waals surface area contributed by atoms with Gasteiger partial charge >= 0.3 is 0 Å². The maximum absolute atomic E-state index is 13.0. The molecule has 1 fully saturated rings. The van der Waals surface area contributed by atoms with Crippen molar-refractivity contribution in [1.29, 1.82) is 0 Å². The predicted octanol–water partition coefficient (Wildman–Crippen LogP) is 2.73. The van der Waals surface area contributed by atoms with Gasteiger partial charge in [-0.1, -0.05) is 24.3 Å². The molecule has 3 heterocycles. The molecule has 4 rings (SSSR count). The summed E-state index contributed by atoms with van der Waals surface area (Å²) in [7, 11) is 0. The van der Waals surface area contributed by atoms with Gasteiger partial charge in [0, 0.05) is 50.7 Å². The predicted molar refractivity (Wildman–Crippen MR) is 150 cm³/mol. The monoisotopic (exact) mass is 530 g/mol. The number of benzene rings is 1. The second kappa shape index (κ2) is 15.7. The fourth-order valence-corrected chi connectivity index (χ4v) is 4.42. The van der Waals surface area contributed by atoms with Gasteiger partial charge in [-0.3, -0.25) is 19.6 Å². The smallest absolute Gasteiger partial charge is 0.251 e. The molecule has 39 heavy (non-hydrogen) atoms. The maximum atomic E-state index is 13.0. The number of amides is 2. The van der Waals surface area contributed by atoms with Crippen LogP contribution in [0.15, 0.2) is 73.1 Å². The lowest BCUT2D eigenvalue weighted by Crippen LogP contribution is -2.48. The molecule has 0 aliphatic carbocycles. The number of hydrogen-bond donors (Lipinski definition) is 4. The fraction of sp³-hybridized carbons (Fsp3) is 0.400. The molecule has 1 aliphatic heterocycles. The number of rotatable bonds is 15. The van der Waals surface area contributed by atoms with E-state index in [1.54, 1.807) is 24.5 Å². The lowest BCUT2D eigenvalue weighted by molar-refractivity contribution is -0.123. The quantitative estimate of drug-likeness (QED) is 0.223. The number of nitrogens with zero attached hydrogens (tertiary/aromatic N) is 2. The zero-order valence-corrected chi connectivity index (χ0v) is 22.3. The number of hydrogen-bond acceptors (Lipinski definition) is 7. The molecule has 0 spiro atoms. The van der Waals surface area contributed by atoms with Crippen LogP contribution in [-0.4, -0.2) is 53.6 Å². The third-order valence-electron chi connectivity index (χ3n) is 6.61. The van der Waals surface area contributed by atoms with Crippen LogP contribution in [-0.2, 0) is 29.2 Å². The van der Waals surface area contributed by atoms with Crippen molar-refractivity contribution in [2.75, 3.05) is 19.7 Å². The van der Waals surface area contributed by atoms with Crippen molar-refractivity contribution in [1.82, 2.24) is 31.2 Å². The minimum atomic E-state index is -0.629. The molecule has 1 unspecified atom stereocenters. The van der Waals surface area contributed by atoms with Gasteiger partial charge in [-0.25, -0.2) is 0 Å².